The monoisotopic (exact) mass is 330 g/mol. The molecule has 1 aromatic rings. The molecule has 0 aliphatic heterocycles. The van der Waals surface area contributed by atoms with Gasteiger partial charge in [0, 0.05) is 31.1 Å². The molecular formula is C6H6NU-. The van der Waals surface area contributed by atoms with E-state index in [0.717, 1.165) is 0 Å². The maximum Gasteiger partial charge on any atom is 0 e. The van der Waals surface area contributed by atoms with Gasteiger partial charge in [0.2, 0.25) is 0 Å². The number of nitrogens with one attached hydrogen (secondary N) is 1. The van der Waals surface area contributed by atoms with Crippen LogP contribution in [0.1, 0.15) is 0 Å². The van der Waals surface area contributed by atoms with Crippen molar-refractivity contribution in [3.05, 3.63) is 36.1 Å². The normalized spacial score (nSPS) is 7.50. The van der Waals surface area contributed by atoms with Crippen molar-refractivity contribution in [3.63, 3.8) is 0 Å². The fourth-order valence-corrected chi connectivity index (χ4v) is 0.438. The topological polar surface area (TPSA) is 23.8 Å². The molecule has 0 fully saturated rings. The third-order valence-corrected chi connectivity index (χ3v) is 0.774. The Hall–Kier alpha value is 0.0719. The maximum absolute atomic E-state index is 7.00. The van der Waals surface area contributed by atoms with Gasteiger partial charge in [-0.05, 0) is 0 Å². The summed E-state index contributed by atoms with van der Waals surface area (Å²) in [7, 11) is 0. The maximum atomic E-state index is 7.00. The number of hydrogen-bond acceptors (Lipinski definition) is 0. The van der Waals surface area contributed by atoms with Crippen LogP contribution in [-0.2, 0) is 0 Å². The Morgan fingerprint density at radius 1 is 1.00 bits per heavy atom. The van der Waals surface area contributed by atoms with Crippen molar-refractivity contribution in [2.75, 3.05) is 0 Å². The molecule has 0 atom stereocenters. The molecule has 0 aromatic heterocycles. The molecule has 0 heterocycles. The molecule has 0 spiro atoms. The van der Waals surface area contributed by atoms with Gasteiger partial charge in [0.05, 0.1) is 0 Å². The minimum absolute atomic E-state index is 0. The fraction of sp³-hybridized carbons (Fsp3) is 0. The second-order valence-corrected chi connectivity index (χ2v) is 1.37. The van der Waals surface area contributed by atoms with E-state index in [4.69, 9.17) is 5.73 Å². The zero-order valence-electron chi connectivity index (χ0n) is 4.39. The van der Waals surface area contributed by atoms with Crippen LogP contribution in [0.3, 0.4) is 0 Å². The van der Waals surface area contributed by atoms with Crippen molar-refractivity contribution in [3.8, 4) is 0 Å². The molecule has 2 heteroatoms. The first-order valence-electron chi connectivity index (χ1n) is 2.16. The molecule has 0 saturated heterocycles. The Bertz CT molecular complexity index is 138. The van der Waals surface area contributed by atoms with Gasteiger partial charge in [0.15, 0.2) is 0 Å². The van der Waals surface area contributed by atoms with Crippen LogP contribution >= 0.6 is 0 Å². The van der Waals surface area contributed by atoms with Gasteiger partial charge < -0.3 is 5.73 Å². The van der Waals surface area contributed by atoms with Crippen LogP contribution in [0, 0.1) is 31.1 Å². The van der Waals surface area contributed by atoms with Crippen LogP contribution in [0.5, 0.6) is 0 Å². The van der Waals surface area contributed by atoms with Gasteiger partial charge in [-0.15, -0.1) is 5.69 Å². The van der Waals surface area contributed by atoms with Gasteiger partial charge in [-0.2, -0.15) is 0 Å². The van der Waals surface area contributed by atoms with Crippen molar-refractivity contribution in [1.82, 2.24) is 0 Å². The van der Waals surface area contributed by atoms with Crippen molar-refractivity contribution >= 4 is 5.69 Å². The predicted octanol–water partition coefficient (Wildman–Crippen LogP) is 2.37. The fourth-order valence-electron chi connectivity index (χ4n) is 0.438. The summed E-state index contributed by atoms with van der Waals surface area (Å²) in [5, 5.41) is 0. The van der Waals surface area contributed by atoms with Gasteiger partial charge in [-0.25, -0.2) is 0 Å². The average molecular weight is 330 g/mol. The molecular weight excluding hydrogens is 324 g/mol. The van der Waals surface area contributed by atoms with Gasteiger partial charge in [-0.1, -0.05) is 30.3 Å². The minimum Gasteiger partial charge on any atom is -0.699 e. The van der Waals surface area contributed by atoms with Crippen LogP contribution < -0.4 is 0 Å². The Labute approximate surface area is 72.7 Å². The summed E-state index contributed by atoms with van der Waals surface area (Å²) >= 11 is 0. The predicted molar refractivity (Wildman–Crippen MR) is 30.4 cm³/mol. The Kier molecular flexibility index (Phi) is 4.04. The number of hydrogen-bond donors (Lipinski definition) is 0. The van der Waals surface area contributed by atoms with Crippen LogP contribution in [0.2, 0.25) is 0 Å². The number of benzene rings is 1. The van der Waals surface area contributed by atoms with Crippen LogP contribution in [0.15, 0.2) is 30.3 Å². The number of rotatable bonds is 0. The van der Waals surface area contributed by atoms with E-state index in [-0.39, 0.29) is 31.1 Å². The summed E-state index contributed by atoms with van der Waals surface area (Å²) in [5.41, 5.74) is 7.57. The molecule has 0 unspecified atom stereocenters. The summed E-state index contributed by atoms with van der Waals surface area (Å²) in [6.07, 6.45) is 0. The SMILES string of the molecule is [NH-]c1ccccc1.[U]. The Morgan fingerprint density at radius 2 is 1.50 bits per heavy atom. The molecule has 0 radical (unpaired) electrons. The van der Waals surface area contributed by atoms with E-state index >= 15 is 0 Å². The third-order valence-electron chi connectivity index (χ3n) is 0.774. The van der Waals surface area contributed by atoms with E-state index in [0.29, 0.717) is 5.69 Å². The smallest absolute Gasteiger partial charge is 0 e. The van der Waals surface area contributed by atoms with E-state index in [1.54, 1.807) is 12.1 Å². The van der Waals surface area contributed by atoms with Gasteiger partial charge in [-0.3, -0.25) is 0 Å². The van der Waals surface area contributed by atoms with E-state index in [1.807, 2.05) is 18.2 Å². The summed E-state index contributed by atoms with van der Waals surface area (Å²) in [5.74, 6) is 0. The molecule has 0 aliphatic rings. The second-order valence-electron chi connectivity index (χ2n) is 1.37. The quantitative estimate of drug-likeness (QED) is 0.698. The first-order chi connectivity index (χ1) is 3.39. The molecule has 1 rings (SSSR count). The van der Waals surface area contributed by atoms with E-state index in [9.17, 15) is 0 Å². The summed E-state index contributed by atoms with van der Waals surface area (Å²) < 4.78 is 0. The van der Waals surface area contributed by atoms with Crippen molar-refractivity contribution in [1.29, 1.82) is 0 Å². The largest absolute Gasteiger partial charge is 0.699 e. The molecule has 1 nitrogen and oxygen atoms in total. The first kappa shape index (κ1) is 8.07. The van der Waals surface area contributed by atoms with E-state index < -0.39 is 0 Å². The van der Waals surface area contributed by atoms with Crippen LogP contribution in [-0.4, -0.2) is 0 Å². The van der Waals surface area contributed by atoms with E-state index in [1.165, 1.54) is 0 Å². The molecule has 8 heavy (non-hydrogen) atoms. The zero-order chi connectivity index (χ0) is 5.11. The molecule has 1 aromatic carbocycles. The first-order valence-corrected chi connectivity index (χ1v) is 2.16. The average Bonchev–Trinajstić information content (AvgIpc) is 1.69. The molecule has 0 amide bonds. The molecule has 0 aliphatic carbocycles. The Morgan fingerprint density at radius 3 is 1.75 bits per heavy atom. The van der Waals surface area contributed by atoms with E-state index in [2.05, 4.69) is 0 Å². The molecule has 0 saturated carbocycles. The third kappa shape index (κ3) is 2.40. The summed E-state index contributed by atoms with van der Waals surface area (Å²) in [6.45, 7) is 0. The molecule has 0 bridgehead atoms. The molecule has 1 N–H and O–H groups in total. The summed E-state index contributed by atoms with van der Waals surface area (Å²) in [6, 6.07) is 9.10. The van der Waals surface area contributed by atoms with Gasteiger partial charge >= 0.3 is 0 Å². The van der Waals surface area contributed by atoms with Crippen LogP contribution in [0.25, 0.3) is 5.73 Å². The summed E-state index contributed by atoms with van der Waals surface area (Å²) in [4.78, 5) is 0. The van der Waals surface area contributed by atoms with Crippen molar-refractivity contribution in [2.24, 2.45) is 0 Å². The van der Waals surface area contributed by atoms with Crippen LogP contribution in [0.4, 0.5) is 5.69 Å². The van der Waals surface area contributed by atoms with Crippen molar-refractivity contribution in [2.45, 2.75) is 0 Å². The van der Waals surface area contributed by atoms with Gasteiger partial charge in [0.25, 0.3) is 0 Å². The second kappa shape index (κ2) is 4.00. The standard InChI is InChI=1S/C6H6N.U/c7-6-4-2-1-3-5-6;/h1-5,7H;/q-1;. The zero-order valence-corrected chi connectivity index (χ0v) is 8.55. The van der Waals surface area contributed by atoms with Gasteiger partial charge in [0.1, 0.15) is 0 Å². The Balaban J connectivity index is 0.000000490. The van der Waals surface area contributed by atoms with Crippen molar-refractivity contribution < 1.29 is 31.1 Å². The minimum atomic E-state index is 0. The molecule has 40 valence electrons.